The summed E-state index contributed by atoms with van der Waals surface area (Å²) >= 11 is 0.917. The van der Waals surface area contributed by atoms with Gasteiger partial charge in [0.2, 0.25) is 5.78 Å². The summed E-state index contributed by atoms with van der Waals surface area (Å²) in [6, 6.07) is 12.5. The van der Waals surface area contributed by atoms with Crippen LogP contribution >= 0.6 is 11.3 Å². The minimum Gasteiger partial charge on any atom is -0.503 e. The molecular weight excluding hydrogens is 548 g/mol. The number of rotatable bonds is 10. The molecule has 1 amide bonds. The van der Waals surface area contributed by atoms with E-state index in [0.29, 0.717) is 40.3 Å². The third-order valence-electron chi connectivity index (χ3n) is 6.40. The zero-order chi connectivity index (χ0) is 29.3. The first-order chi connectivity index (χ1) is 19.8. The Hall–Kier alpha value is -4.90. The Kier molecular flexibility index (Phi) is 7.62. The predicted octanol–water partition coefficient (Wildman–Crippen LogP) is 5.73. The maximum absolute atomic E-state index is 14.0. The van der Waals surface area contributed by atoms with Gasteiger partial charge in [-0.05, 0) is 43.7 Å². The number of para-hydroxylation sites is 1. The van der Waals surface area contributed by atoms with Crippen LogP contribution in [0, 0.1) is 6.92 Å². The summed E-state index contributed by atoms with van der Waals surface area (Å²) in [7, 11) is 1.49. The Balaban J connectivity index is 1.63. The number of carbonyl (C=O) groups is 3. The number of furan rings is 1. The van der Waals surface area contributed by atoms with Crippen LogP contribution in [0.25, 0.3) is 11.0 Å². The molecule has 2 aromatic heterocycles. The standard InChI is InChI=1S/C30H26N2O8S/c1-5-13-39-29(36)27-16(3)31-30(41-27)32-23(17-9-7-11-19(14-17)38-6-2)22(25(34)28(32)35)24(33)21-15-18-10-8-12-20(37-4)26(18)40-21/h5,7-12,14-15,23,34H,1,6,13H2,2-4H3. The number of aliphatic hydroxyl groups is 1. The number of hydrogen-bond donors (Lipinski definition) is 1. The smallest absolute Gasteiger partial charge is 0.350 e. The van der Waals surface area contributed by atoms with E-state index in [4.69, 9.17) is 18.6 Å². The monoisotopic (exact) mass is 574 g/mol. The number of hydrogen-bond acceptors (Lipinski definition) is 10. The average molecular weight is 575 g/mol. The highest BCUT2D eigenvalue weighted by atomic mass is 32.1. The summed E-state index contributed by atoms with van der Waals surface area (Å²) in [6.07, 6.45) is 1.44. The van der Waals surface area contributed by atoms with E-state index in [2.05, 4.69) is 11.6 Å². The van der Waals surface area contributed by atoms with Crippen LogP contribution in [0.3, 0.4) is 0 Å². The summed E-state index contributed by atoms with van der Waals surface area (Å²) in [5.74, 6) is -2.08. The van der Waals surface area contributed by atoms with Crippen molar-refractivity contribution >= 4 is 45.1 Å². The lowest BCUT2D eigenvalue weighted by molar-refractivity contribution is -0.117. The molecule has 4 aromatic rings. The van der Waals surface area contributed by atoms with E-state index in [9.17, 15) is 19.5 Å². The average Bonchev–Trinajstić information content (AvgIpc) is 3.65. The molecule has 1 atom stereocenters. The molecule has 0 aliphatic carbocycles. The molecule has 10 nitrogen and oxygen atoms in total. The molecule has 0 radical (unpaired) electrons. The second-order valence-corrected chi connectivity index (χ2v) is 9.94. The topological polar surface area (TPSA) is 128 Å². The van der Waals surface area contributed by atoms with Crippen LogP contribution in [0.2, 0.25) is 0 Å². The van der Waals surface area contributed by atoms with E-state index in [0.717, 1.165) is 11.3 Å². The van der Waals surface area contributed by atoms with Crippen LogP contribution < -0.4 is 14.4 Å². The number of Topliss-reactive ketones (excluding diaryl/α,β-unsaturated/α-hetero) is 1. The minimum absolute atomic E-state index is 0.00424. The number of amides is 1. The molecule has 1 unspecified atom stereocenters. The summed E-state index contributed by atoms with van der Waals surface area (Å²) in [4.78, 5) is 46.0. The van der Waals surface area contributed by atoms with Gasteiger partial charge in [0.1, 0.15) is 17.2 Å². The summed E-state index contributed by atoms with van der Waals surface area (Å²) in [6.45, 7) is 7.38. The van der Waals surface area contributed by atoms with Crippen LogP contribution in [-0.2, 0) is 9.53 Å². The van der Waals surface area contributed by atoms with Crippen molar-refractivity contribution in [1.82, 2.24) is 4.98 Å². The predicted molar refractivity (Wildman–Crippen MR) is 152 cm³/mol. The van der Waals surface area contributed by atoms with Crippen molar-refractivity contribution in [1.29, 1.82) is 0 Å². The number of aliphatic hydroxyl groups excluding tert-OH is 1. The number of thiazole rings is 1. The number of carbonyl (C=O) groups excluding carboxylic acids is 3. The Morgan fingerprint density at radius 3 is 2.73 bits per heavy atom. The van der Waals surface area contributed by atoms with Crippen molar-refractivity contribution in [3.8, 4) is 11.5 Å². The lowest BCUT2D eigenvalue weighted by atomic mass is 9.95. The molecule has 5 rings (SSSR count). The van der Waals surface area contributed by atoms with Crippen molar-refractivity contribution in [2.75, 3.05) is 25.2 Å². The molecule has 11 heteroatoms. The summed E-state index contributed by atoms with van der Waals surface area (Å²) in [5.41, 5.74) is 0.962. The number of fused-ring (bicyclic) bond motifs is 1. The van der Waals surface area contributed by atoms with Crippen LogP contribution in [0.5, 0.6) is 11.5 Å². The van der Waals surface area contributed by atoms with Crippen molar-refractivity contribution in [2.45, 2.75) is 19.9 Å². The molecule has 0 fully saturated rings. The number of benzene rings is 2. The van der Waals surface area contributed by atoms with Crippen molar-refractivity contribution < 1.29 is 38.1 Å². The van der Waals surface area contributed by atoms with E-state index in [1.54, 1.807) is 49.4 Å². The lowest BCUT2D eigenvalue weighted by Crippen LogP contribution is -2.31. The number of esters is 1. The van der Waals surface area contributed by atoms with Crippen LogP contribution in [0.1, 0.15) is 44.4 Å². The number of nitrogens with zero attached hydrogens (tertiary/aromatic N) is 2. The van der Waals surface area contributed by atoms with Crippen LogP contribution in [0.15, 0.2) is 76.9 Å². The highest BCUT2D eigenvalue weighted by molar-refractivity contribution is 7.17. The van der Waals surface area contributed by atoms with Crippen LogP contribution in [-0.4, -0.2) is 48.1 Å². The maximum atomic E-state index is 14.0. The second kappa shape index (κ2) is 11.3. The molecule has 0 saturated carbocycles. The molecule has 1 aliphatic rings. The van der Waals surface area contributed by atoms with Crippen molar-refractivity contribution in [2.24, 2.45) is 0 Å². The molecule has 0 spiro atoms. The highest BCUT2D eigenvalue weighted by Crippen LogP contribution is 2.45. The van der Waals surface area contributed by atoms with E-state index in [1.807, 2.05) is 6.92 Å². The van der Waals surface area contributed by atoms with E-state index in [1.165, 1.54) is 24.2 Å². The molecular formula is C30H26N2O8S. The molecule has 41 heavy (non-hydrogen) atoms. The van der Waals surface area contributed by atoms with Gasteiger partial charge in [0.25, 0.3) is 5.91 Å². The maximum Gasteiger partial charge on any atom is 0.350 e. The fraction of sp³-hybridized carbons (Fsp3) is 0.200. The SMILES string of the molecule is C=CCOC(=O)c1sc(N2C(=O)C(O)=C(C(=O)c3cc4cccc(OC)c4o3)C2c2cccc(OCC)c2)nc1C. The van der Waals surface area contributed by atoms with E-state index < -0.39 is 29.5 Å². The number of ketones is 1. The van der Waals surface area contributed by atoms with Gasteiger partial charge in [-0.3, -0.25) is 14.5 Å². The number of methoxy groups -OCH3 is 1. The molecule has 210 valence electrons. The van der Waals surface area contributed by atoms with Gasteiger partial charge in [0.05, 0.1) is 31.0 Å². The lowest BCUT2D eigenvalue weighted by Gasteiger charge is -2.24. The fourth-order valence-corrected chi connectivity index (χ4v) is 5.59. The van der Waals surface area contributed by atoms with Crippen LogP contribution in [0.4, 0.5) is 5.13 Å². The number of ether oxygens (including phenoxy) is 3. The largest absolute Gasteiger partial charge is 0.503 e. The number of anilines is 1. The molecule has 1 aliphatic heterocycles. The zero-order valence-electron chi connectivity index (χ0n) is 22.5. The zero-order valence-corrected chi connectivity index (χ0v) is 23.3. The second-order valence-electron chi connectivity index (χ2n) is 8.96. The summed E-state index contributed by atoms with van der Waals surface area (Å²) in [5, 5.41) is 11.9. The van der Waals surface area contributed by atoms with Gasteiger partial charge in [-0.25, -0.2) is 9.78 Å². The molecule has 0 bridgehead atoms. The molecule has 2 aromatic carbocycles. The van der Waals surface area contributed by atoms with Gasteiger partial charge >= 0.3 is 5.97 Å². The Bertz CT molecular complexity index is 1720. The Morgan fingerprint density at radius 1 is 1.22 bits per heavy atom. The first-order valence-corrected chi connectivity index (χ1v) is 13.5. The quantitative estimate of drug-likeness (QED) is 0.143. The fourth-order valence-electron chi connectivity index (χ4n) is 4.61. The minimum atomic E-state index is -1.10. The van der Waals surface area contributed by atoms with Gasteiger partial charge in [-0.2, -0.15) is 0 Å². The molecule has 1 N–H and O–H groups in total. The summed E-state index contributed by atoms with van der Waals surface area (Å²) < 4.78 is 22.0. The molecule has 0 saturated heterocycles. The van der Waals surface area contributed by atoms with Gasteiger partial charge in [-0.15, -0.1) is 0 Å². The number of aromatic nitrogens is 1. The first kappa shape index (κ1) is 27.7. The van der Waals surface area contributed by atoms with Gasteiger partial charge in [-0.1, -0.05) is 48.3 Å². The van der Waals surface area contributed by atoms with E-state index in [-0.39, 0.29) is 27.9 Å². The van der Waals surface area contributed by atoms with Gasteiger partial charge in [0, 0.05) is 5.39 Å². The van der Waals surface area contributed by atoms with Crippen molar-refractivity contribution in [3.05, 3.63) is 94.4 Å². The van der Waals surface area contributed by atoms with Crippen molar-refractivity contribution in [3.63, 3.8) is 0 Å². The third-order valence-corrected chi connectivity index (χ3v) is 7.54. The van der Waals surface area contributed by atoms with E-state index >= 15 is 0 Å². The Morgan fingerprint density at radius 2 is 2.00 bits per heavy atom. The van der Waals surface area contributed by atoms with Gasteiger partial charge in [0.15, 0.2) is 28.0 Å². The highest BCUT2D eigenvalue weighted by Gasteiger charge is 2.47. The molecule has 3 heterocycles. The third kappa shape index (κ3) is 4.95. The normalized spacial score (nSPS) is 15.0. The van der Waals surface area contributed by atoms with Gasteiger partial charge < -0.3 is 23.7 Å². The Labute approximate surface area is 239 Å². The first-order valence-electron chi connectivity index (χ1n) is 12.6. The number of aryl methyl sites for hydroxylation is 1.